The highest BCUT2D eigenvalue weighted by molar-refractivity contribution is 5.86. The Morgan fingerprint density at radius 3 is 2.00 bits per heavy atom. The number of hydrogen-bond donors (Lipinski definition) is 1. The number of rotatable bonds is 8. The molecule has 13 heavy (non-hydrogen) atoms. The fraction of sp³-hybridized carbons (Fsp3) is 0.667. The van der Waals surface area contributed by atoms with Gasteiger partial charge in [0.25, 0.3) is 0 Å². The Balaban J connectivity index is 3.45. The fourth-order valence-corrected chi connectivity index (χ4v) is 0.873. The van der Waals surface area contributed by atoms with Crippen molar-refractivity contribution in [2.24, 2.45) is 0 Å². The lowest BCUT2D eigenvalue weighted by molar-refractivity contribution is -0.125. The largest absolute Gasteiger partial charge is 0.396 e. The summed E-state index contributed by atoms with van der Waals surface area (Å²) in [7, 11) is 0. The molecule has 0 rings (SSSR count). The van der Waals surface area contributed by atoms with Gasteiger partial charge in [-0.3, -0.25) is 9.59 Å². The molecule has 0 aromatic heterocycles. The van der Waals surface area contributed by atoms with Gasteiger partial charge in [0.2, 0.25) is 0 Å². The first-order chi connectivity index (χ1) is 6.20. The summed E-state index contributed by atoms with van der Waals surface area (Å²) >= 11 is 0. The predicted octanol–water partition coefficient (Wildman–Crippen LogP) is 0.266. The summed E-state index contributed by atoms with van der Waals surface area (Å²) in [5.74, 6) is -0.180. The second-order valence-corrected chi connectivity index (χ2v) is 2.76. The summed E-state index contributed by atoms with van der Waals surface area (Å²) in [4.78, 5) is 31.7. The first-order valence-corrected chi connectivity index (χ1v) is 4.28. The maximum Gasteiger partial charge on any atom is 0.135 e. The maximum absolute atomic E-state index is 10.9. The van der Waals surface area contributed by atoms with Gasteiger partial charge >= 0.3 is 0 Å². The van der Waals surface area contributed by atoms with Crippen molar-refractivity contribution in [3.05, 3.63) is 0 Å². The predicted molar refractivity (Wildman–Crippen MR) is 46.2 cm³/mol. The summed E-state index contributed by atoms with van der Waals surface area (Å²) in [6.07, 6.45) is 1.61. The number of hydrogen-bond acceptors (Lipinski definition) is 4. The molecule has 1 N–H and O–H groups in total. The zero-order valence-electron chi connectivity index (χ0n) is 7.49. The van der Waals surface area contributed by atoms with Crippen LogP contribution in [0.15, 0.2) is 0 Å². The van der Waals surface area contributed by atoms with E-state index >= 15 is 0 Å². The van der Waals surface area contributed by atoms with Gasteiger partial charge in [-0.05, 0) is 0 Å². The quantitative estimate of drug-likeness (QED) is 0.552. The lowest BCUT2D eigenvalue weighted by Gasteiger charge is -1.97. The summed E-state index contributed by atoms with van der Waals surface area (Å²) in [5.41, 5.74) is 0. The minimum atomic E-state index is -0.165. The first kappa shape index (κ1) is 12.0. The average Bonchev–Trinajstić information content (AvgIpc) is 2.12. The highest BCUT2D eigenvalue weighted by atomic mass is 16.3. The van der Waals surface area contributed by atoms with E-state index in [2.05, 4.69) is 0 Å². The smallest absolute Gasteiger partial charge is 0.135 e. The molecule has 0 heterocycles. The van der Waals surface area contributed by atoms with Crippen LogP contribution in [0.5, 0.6) is 0 Å². The molecular formula is C9H14O4. The molecule has 0 atom stereocenters. The molecule has 0 unspecified atom stereocenters. The van der Waals surface area contributed by atoms with Crippen molar-refractivity contribution in [1.29, 1.82) is 0 Å². The maximum atomic E-state index is 10.9. The van der Waals surface area contributed by atoms with Gasteiger partial charge < -0.3 is 9.90 Å². The van der Waals surface area contributed by atoms with Crippen molar-refractivity contribution in [3.63, 3.8) is 0 Å². The van der Waals surface area contributed by atoms with E-state index < -0.39 is 0 Å². The molecule has 0 aromatic rings. The number of aliphatic hydroxyl groups excluding tert-OH is 1. The van der Waals surface area contributed by atoms with E-state index in [1.807, 2.05) is 0 Å². The number of Topliss-reactive ketones (excluding diaryl/α,β-unsaturated/α-hetero) is 2. The number of ketones is 2. The third-order valence-electron chi connectivity index (χ3n) is 1.61. The van der Waals surface area contributed by atoms with E-state index in [1.54, 1.807) is 0 Å². The molecule has 0 radical (unpaired) electrons. The molecule has 0 aliphatic rings. The van der Waals surface area contributed by atoms with Crippen molar-refractivity contribution < 1.29 is 19.5 Å². The average molecular weight is 186 g/mol. The molecule has 4 heteroatoms. The minimum absolute atomic E-state index is 0.0709. The Kier molecular flexibility index (Phi) is 7.01. The molecule has 0 spiro atoms. The van der Waals surface area contributed by atoms with Crippen LogP contribution in [0.25, 0.3) is 0 Å². The van der Waals surface area contributed by atoms with Crippen molar-refractivity contribution in [3.8, 4) is 0 Å². The van der Waals surface area contributed by atoms with Crippen LogP contribution in [-0.2, 0) is 14.4 Å². The van der Waals surface area contributed by atoms with E-state index in [9.17, 15) is 14.4 Å². The van der Waals surface area contributed by atoms with Gasteiger partial charge in [0.1, 0.15) is 17.9 Å². The Morgan fingerprint density at radius 1 is 1.00 bits per heavy atom. The van der Waals surface area contributed by atoms with Crippen LogP contribution in [0.2, 0.25) is 0 Å². The van der Waals surface area contributed by atoms with Gasteiger partial charge in [-0.2, -0.15) is 0 Å². The molecule has 0 saturated carbocycles. The topological polar surface area (TPSA) is 71.4 Å². The summed E-state index contributed by atoms with van der Waals surface area (Å²) in [6.45, 7) is -0.165. The van der Waals surface area contributed by atoms with Gasteiger partial charge in [0, 0.05) is 38.7 Å². The highest BCUT2D eigenvalue weighted by Gasteiger charge is 2.05. The molecular weight excluding hydrogens is 172 g/mol. The number of carbonyl (C=O) groups excluding carboxylic acids is 3. The van der Waals surface area contributed by atoms with E-state index in [-0.39, 0.29) is 50.3 Å². The monoisotopic (exact) mass is 186 g/mol. The second kappa shape index (κ2) is 7.61. The van der Waals surface area contributed by atoms with Crippen LogP contribution in [-0.4, -0.2) is 29.6 Å². The Bertz CT molecular complexity index is 186. The molecule has 0 amide bonds. The van der Waals surface area contributed by atoms with Crippen LogP contribution in [0, 0.1) is 0 Å². The zero-order chi connectivity index (χ0) is 10.1. The van der Waals surface area contributed by atoms with Crippen LogP contribution >= 0.6 is 0 Å². The summed E-state index contributed by atoms with van der Waals surface area (Å²) in [5, 5.41) is 8.39. The van der Waals surface area contributed by atoms with E-state index in [4.69, 9.17) is 5.11 Å². The minimum Gasteiger partial charge on any atom is -0.396 e. The third kappa shape index (κ3) is 7.33. The molecule has 0 saturated heterocycles. The van der Waals surface area contributed by atoms with Gasteiger partial charge in [0.05, 0.1) is 0 Å². The van der Waals surface area contributed by atoms with Crippen molar-refractivity contribution >= 4 is 17.9 Å². The molecule has 74 valence electrons. The number of aliphatic hydroxyl groups is 1. The highest BCUT2D eigenvalue weighted by Crippen LogP contribution is 2.00. The number of aldehydes is 1. The molecule has 0 bridgehead atoms. The van der Waals surface area contributed by atoms with Gasteiger partial charge in [-0.15, -0.1) is 0 Å². The van der Waals surface area contributed by atoms with Crippen molar-refractivity contribution in [1.82, 2.24) is 0 Å². The standard InChI is InChI=1S/C9H14O4/c10-6-1-2-8(12)3-4-9(13)5-7-11/h6,11H,1-5,7H2. The van der Waals surface area contributed by atoms with E-state index in [1.165, 1.54) is 0 Å². The molecule has 0 aliphatic carbocycles. The third-order valence-corrected chi connectivity index (χ3v) is 1.61. The van der Waals surface area contributed by atoms with Crippen molar-refractivity contribution in [2.75, 3.05) is 6.61 Å². The number of carbonyl (C=O) groups is 3. The molecule has 0 aromatic carbocycles. The molecule has 4 nitrogen and oxygen atoms in total. The molecule has 0 fully saturated rings. The summed E-state index contributed by atoms with van der Waals surface area (Å²) in [6, 6.07) is 0. The van der Waals surface area contributed by atoms with Crippen LogP contribution in [0.1, 0.15) is 32.1 Å². The lowest BCUT2D eigenvalue weighted by Crippen LogP contribution is -2.05. The van der Waals surface area contributed by atoms with E-state index in [0.717, 1.165) is 0 Å². The van der Waals surface area contributed by atoms with Crippen LogP contribution in [0.3, 0.4) is 0 Å². The van der Waals surface area contributed by atoms with Crippen molar-refractivity contribution in [2.45, 2.75) is 32.1 Å². The first-order valence-electron chi connectivity index (χ1n) is 4.28. The van der Waals surface area contributed by atoms with Gasteiger partial charge in [0.15, 0.2) is 0 Å². The second-order valence-electron chi connectivity index (χ2n) is 2.76. The van der Waals surface area contributed by atoms with E-state index in [0.29, 0.717) is 6.29 Å². The SMILES string of the molecule is O=CCCC(=O)CCC(=O)CCO. The molecule has 0 aliphatic heterocycles. The Hall–Kier alpha value is -1.03. The fourth-order valence-electron chi connectivity index (χ4n) is 0.873. The van der Waals surface area contributed by atoms with Gasteiger partial charge in [-0.1, -0.05) is 0 Å². The lowest BCUT2D eigenvalue weighted by atomic mass is 10.1. The summed E-state index contributed by atoms with van der Waals surface area (Å²) < 4.78 is 0. The van der Waals surface area contributed by atoms with Gasteiger partial charge in [-0.25, -0.2) is 0 Å². The Labute approximate surface area is 76.9 Å². The zero-order valence-corrected chi connectivity index (χ0v) is 7.49. The Morgan fingerprint density at radius 2 is 1.54 bits per heavy atom. The van der Waals surface area contributed by atoms with Crippen LogP contribution < -0.4 is 0 Å². The normalized spacial score (nSPS) is 9.62. The van der Waals surface area contributed by atoms with Crippen LogP contribution in [0.4, 0.5) is 0 Å².